The number of benzene rings is 1. The van der Waals surface area contributed by atoms with Gasteiger partial charge in [0.05, 0.1) is 52.1 Å². The predicted octanol–water partition coefficient (Wildman–Crippen LogP) is 2.70. The second-order valence-corrected chi connectivity index (χ2v) is 9.45. The number of hydrazine groups is 1. The summed E-state index contributed by atoms with van der Waals surface area (Å²) in [6, 6.07) is 5.88. The molecule has 34 heavy (non-hydrogen) atoms. The van der Waals surface area contributed by atoms with Gasteiger partial charge in [-0.25, -0.2) is 5.01 Å². The summed E-state index contributed by atoms with van der Waals surface area (Å²) < 4.78 is 22.3. The minimum absolute atomic E-state index is 0.00611. The van der Waals surface area contributed by atoms with E-state index in [2.05, 4.69) is 24.9 Å². The number of carbonyl (C=O) groups excluding carboxylic acids is 1. The Hall–Kier alpha value is -3.22. The molecule has 1 aliphatic carbocycles. The molecule has 3 aliphatic rings. The lowest BCUT2D eigenvalue weighted by atomic mass is 9.68. The predicted molar refractivity (Wildman–Crippen MR) is 125 cm³/mol. The first-order valence-corrected chi connectivity index (χ1v) is 11.4. The van der Waals surface area contributed by atoms with Gasteiger partial charge in [-0.05, 0) is 17.9 Å². The number of nitrogens with zero attached hydrogens (tertiary/aromatic N) is 3. The molecule has 0 radical (unpaired) electrons. The van der Waals surface area contributed by atoms with E-state index >= 15 is 0 Å². The Morgan fingerprint density at radius 2 is 1.76 bits per heavy atom. The van der Waals surface area contributed by atoms with Crippen LogP contribution in [-0.2, 0) is 9.53 Å². The number of hydrogen-bond acceptors (Lipinski definition) is 9. The number of ether oxygens (including phenoxy) is 4. The Labute approximate surface area is 200 Å². The summed E-state index contributed by atoms with van der Waals surface area (Å²) in [7, 11) is 4.60. The SMILES string of the molecule is COc1ccc(C2C(C#N)=C(N)N(N3CCOCC3)C3=C2C(=O)CC(C)(C)C3)c(OC)c1OC. The number of Topliss-reactive ketones (excluding diaryl/α,β-unsaturated/α-hetero) is 1. The third-order valence-electron chi connectivity index (χ3n) is 6.67. The zero-order valence-corrected chi connectivity index (χ0v) is 20.4. The Bertz CT molecular complexity index is 1100. The van der Waals surface area contributed by atoms with Crippen molar-refractivity contribution in [2.24, 2.45) is 11.1 Å². The molecule has 1 unspecified atom stereocenters. The van der Waals surface area contributed by atoms with Crippen molar-refractivity contribution in [3.8, 4) is 23.3 Å². The van der Waals surface area contributed by atoms with Crippen LogP contribution in [0.25, 0.3) is 0 Å². The summed E-state index contributed by atoms with van der Waals surface area (Å²) in [5.41, 5.74) is 8.84. The smallest absolute Gasteiger partial charge is 0.203 e. The van der Waals surface area contributed by atoms with Gasteiger partial charge in [-0.1, -0.05) is 19.9 Å². The Morgan fingerprint density at radius 3 is 2.35 bits per heavy atom. The summed E-state index contributed by atoms with van der Waals surface area (Å²) in [6.07, 6.45) is 1.03. The Balaban J connectivity index is 1.98. The second-order valence-electron chi connectivity index (χ2n) is 9.45. The topological polar surface area (TPSA) is 110 Å². The number of rotatable bonds is 5. The normalized spacial score (nSPS) is 22.9. The quantitative estimate of drug-likeness (QED) is 0.697. The third-order valence-corrected chi connectivity index (χ3v) is 6.67. The molecule has 0 saturated carbocycles. The molecule has 0 spiro atoms. The van der Waals surface area contributed by atoms with E-state index < -0.39 is 5.92 Å². The molecule has 1 fully saturated rings. The van der Waals surface area contributed by atoms with Gasteiger partial charge in [0.2, 0.25) is 5.75 Å². The molecular weight excluding hydrogens is 436 g/mol. The molecule has 1 atom stereocenters. The van der Waals surface area contributed by atoms with Gasteiger partial charge in [-0.2, -0.15) is 5.26 Å². The van der Waals surface area contributed by atoms with Gasteiger partial charge in [-0.3, -0.25) is 9.80 Å². The van der Waals surface area contributed by atoms with Gasteiger partial charge in [-0.15, -0.1) is 0 Å². The number of methoxy groups -OCH3 is 3. The number of hydrogen-bond donors (Lipinski definition) is 1. The molecule has 4 rings (SSSR count). The number of allylic oxidation sites excluding steroid dienone is 3. The Kier molecular flexibility index (Phi) is 6.47. The molecule has 0 aromatic heterocycles. The molecule has 2 aliphatic heterocycles. The van der Waals surface area contributed by atoms with E-state index in [-0.39, 0.29) is 11.2 Å². The number of nitrogens with two attached hydrogens (primary N) is 1. The van der Waals surface area contributed by atoms with E-state index in [1.54, 1.807) is 13.2 Å². The van der Waals surface area contributed by atoms with Gasteiger partial charge in [0.1, 0.15) is 5.82 Å². The molecule has 1 aromatic carbocycles. The van der Waals surface area contributed by atoms with Crippen LogP contribution in [0.4, 0.5) is 0 Å². The highest BCUT2D eigenvalue weighted by atomic mass is 16.5. The summed E-state index contributed by atoms with van der Waals surface area (Å²) in [5, 5.41) is 14.3. The second kappa shape index (κ2) is 9.20. The van der Waals surface area contributed by atoms with Crippen molar-refractivity contribution in [1.29, 1.82) is 5.26 Å². The zero-order chi connectivity index (χ0) is 24.6. The molecule has 0 bridgehead atoms. The van der Waals surface area contributed by atoms with Crippen molar-refractivity contribution >= 4 is 5.78 Å². The maximum absolute atomic E-state index is 13.7. The van der Waals surface area contributed by atoms with Crippen LogP contribution in [0.5, 0.6) is 17.2 Å². The summed E-state index contributed by atoms with van der Waals surface area (Å²) >= 11 is 0. The molecule has 1 aromatic rings. The summed E-state index contributed by atoms with van der Waals surface area (Å²) in [4.78, 5) is 13.7. The number of ketones is 1. The summed E-state index contributed by atoms with van der Waals surface area (Å²) in [6.45, 7) is 6.51. The molecule has 9 nitrogen and oxygen atoms in total. The molecule has 2 heterocycles. The average molecular weight is 469 g/mol. The van der Waals surface area contributed by atoms with Crippen LogP contribution in [0.15, 0.2) is 34.8 Å². The van der Waals surface area contributed by atoms with E-state index in [1.807, 2.05) is 11.1 Å². The van der Waals surface area contributed by atoms with E-state index in [0.717, 1.165) is 5.70 Å². The fourth-order valence-corrected chi connectivity index (χ4v) is 5.23. The standard InChI is InChI=1S/C25H32N4O5/c1-25(2)12-17-21(18(30)13-25)20(15-6-7-19(31-3)23(33-5)22(15)32-4)16(14-26)24(27)29(17)28-8-10-34-11-9-28/h6-7,20H,8-13,27H2,1-5H3. The molecule has 182 valence electrons. The van der Waals surface area contributed by atoms with Crippen molar-refractivity contribution in [2.75, 3.05) is 47.6 Å². The first-order valence-electron chi connectivity index (χ1n) is 11.4. The maximum atomic E-state index is 13.7. The highest BCUT2D eigenvalue weighted by molar-refractivity contribution is 6.00. The number of carbonyl (C=O) groups is 1. The van der Waals surface area contributed by atoms with Gasteiger partial charge >= 0.3 is 0 Å². The van der Waals surface area contributed by atoms with E-state index in [0.29, 0.717) is 78.9 Å². The van der Waals surface area contributed by atoms with Crippen LogP contribution in [0, 0.1) is 16.7 Å². The minimum Gasteiger partial charge on any atom is -0.493 e. The van der Waals surface area contributed by atoms with Gasteiger partial charge in [0.15, 0.2) is 17.3 Å². The van der Waals surface area contributed by atoms with Crippen LogP contribution in [-0.4, -0.2) is 63.4 Å². The van der Waals surface area contributed by atoms with Crippen LogP contribution in [0.3, 0.4) is 0 Å². The van der Waals surface area contributed by atoms with Gasteiger partial charge in [0, 0.05) is 36.3 Å². The highest BCUT2D eigenvalue weighted by Gasteiger charge is 2.47. The number of morpholine rings is 1. The fraction of sp³-hybridized carbons (Fsp3) is 0.520. The first-order chi connectivity index (χ1) is 16.3. The molecule has 0 amide bonds. The lowest BCUT2D eigenvalue weighted by Gasteiger charge is -2.48. The van der Waals surface area contributed by atoms with Crippen molar-refractivity contribution in [1.82, 2.24) is 10.0 Å². The molecule has 1 saturated heterocycles. The van der Waals surface area contributed by atoms with Crippen molar-refractivity contribution < 1.29 is 23.7 Å². The Morgan fingerprint density at radius 1 is 1.09 bits per heavy atom. The first kappa shape index (κ1) is 23.9. The highest BCUT2D eigenvalue weighted by Crippen LogP contribution is 2.53. The van der Waals surface area contributed by atoms with Crippen LogP contribution in [0.2, 0.25) is 0 Å². The minimum atomic E-state index is -0.671. The van der Waals surface area contributed by atoms with E-state index in [1.165, 1.54) is 14.2 Å². The lowest BCUT2D eigenvalue weighted by Crippen LogP contribution is -2.53. The molecular formula is C25H32N4O5. The van der Waals surface area contributed by atoms with Gasteiger partial charge < -0.3 is 24.7 Å². The van der Waals surface area contributed by atoms with Crippen LogP contribution < -0.4 is 19.9 Å². The monoisotopic (exact) mass is 468 g/mol. The zero-order valence-electron chi connectivity index (χ0n) is 20.4. The average Bonchev–Trinajstić information content (AvgIpc) is 2.82. The maximum Gasteiger partial charge on any atom is 0.203 e. The van der Waals surface area contributed by atoms with Crippen molar-refractivity contribution in [3.05, 3.63) is 40.4 Å². The fourth-order valence-electron chi connectivity index (χ4n) is 5.23. The van der Waals surface area contributed by atoms with Crippen molar-refractivity contribution in [3.63, 3.8) is 0 Å². The third kappa shape index (κ3) is 3.87. The van der Waals surface area contributed by atoms with Crippen molar-refractivity contribution in [2.45, 2.75) is 32.6 Å². The molecule has 9 heteroatoms. The van der Waals surface area contributed by atoms with E-state index in [9.17, 15) is 10.1 Å². The summed E-state index contributed by atoms with van der Waals surface area (Å²) in [5.74, 6) is 0.976. The molecule has 2 N–H and O–H groups in total. The largest absolute Gasteiger partial charge is 0.493 e. The lowest BCUT2D eigenvalue weighted by molar-refractivity contribution is -0.119. The van der Waals surface area contributed by atoms with Crippen LogP contribution in [0.1, 0.15) is 38.2 Å². The van der Waals surface area contributed by atoms with E-state index in [4.69, 9.17) is 24.7 Å². The number of nitriles is 1. The van der Waals surface area contributed by atoms with Gasteiger partial charge in [0.25, 0.3) is 0 Å². The van der Waals surface area contributed by atoms with Crippen LogP contribution >= 0.6 is 0 Å².